The maximum Gasteiger partial charge on any atom is 0.272 e. The van der Waals surface area contributed by atoms with E-state index in [1.54, 1.807) is 19.2 Å². The number of thiazole rings is 1. The van der Waals surface area contributed by atoms with Gasteiger partial charge in [-0.3, -0.25) is 10.1 Å². The van der Waals surface area contributed by atoms with Gasteiger partial charge in [-0.15, -0.1) is 11.3 Å². The molecule has 2 rings (SSSR count). The molecule has 1 N–H and O–H groups in total. The van der Waals surface area contributed by atoms with Crippen molar-refractivity contribution in [1.29, 1.82) is 0 Å². The summed E-state index contributed by atoms with van der Waals surface area (Å²) in [6.07, 6.45) is 1.38. The summed E-state index contributed by atoms with van der Waals surface area (Å²) in [5.41, 5.74) is 1.89. The van der Waals surface area contributed by atoms with Gasteiger partial charge in [0.25, 0.3) is 5.69 Å². The van der Waals surface area contributed by atoms with Crippen molar-refractivity contribution in [2.75, 3.05) is 25.6 Å². The van der Waals surface area contributed by atoms with Gasteiger partial charge >= 0.3 is 0 Å². The highest BCUT2D eigenvalue weighted by Crippen LogP contribution is 2.19. The van der Waals surface area contributed by atoms with Crippen LogP contribution in [0.5, 0.6) is 0 Å². The average molecular weight is 307 g/mol. The van der Waals surface area contributed by atoms with Crippen LogP contribution in [0.4, 0.5) is 10.8 Å². The van der Waals surface area contributed by atoms with Gasteiger partial charge in [0.2, 0.25) is 0 Å². The van der Waals surface area contributed by atoms with E-state index in [1.165, 1.54) is 17.4 Å². The normalized spacial score (nSPS) is 10.5. The Bertz CT molecular complexity index is 601. The lowest BCUT2D eigenvalue weighted by molar-refractivity contribution is -0.385. The van der Waals surface area contributed by atoms with Gasteiger partial charge in [0.05, 0.1) is 17.2 Å². The molecule has 0 amide bonds. The van der Waals surface area contributed by atoms with Crippen LogP contribution in [0.3, 0.4) is 0 Å². The molecule has 1 heterocycles. The predicted molar refractivity (Wildman–Crippen MR) is 83.0 cm³/mol. The zero-order valence-corrected chi connectivity index (χ0v) is 12.6. The summed E-state index contributed by atoms with van der Waals surface area (Å²) in [4.78, 5) is 15.0. The number of nitrogens with zero attached hydrogens (tertiary/aromatic N) is 2. The molecule has 0 atom stereocenters. The lowest BCUT2D eigenvalue weighted by Crippen LogP contribution is -2.06. The first-order valence-corrected chi connectivity index (χ1v) is 7.48. The van der Waals surface area contributed by atoms with E-state index >= 15 is 0 Å². The number of nitrogens with one attached hydrogen (secondary N) is 1. The highest BCUT2D eigenvalue weighted by atomic mass is 32.1. The fraction of sp³-hybridized carbons (Fsp3) is 0.357. The molecule has 21 heavy (non-hydrogen) atoms. The van der Waals surface area contributed by atoms with Gasteiger partial charge in [-0.2, -0.15) is 0 Å². The summed E-state index contributed by atoms with van der Waals surface area (Å²) in [7, 11) is 1.66. The van der Waals surface area contributed by atoms with Crippen LogP contribution in [0.2, 0.25) is 0 Å². The first kappa shape index (κ1) is 15.4. The van der Waals surface area contributed by atoms with E-state index in [-0.39, 0.29) is 10.6 Å². The number of aromatic nitrogens is 1. The fourth-order valence-corrected chi connectivity index (χ4v) is 2.69. The van der Waals surface area contributed by atoms with E-state index in [0.717, 1.165) is 22.8 Å². The molecular formula is C14H17N3O3S. The van der Waals surface area contributed by atoms with Crippen molar-refractivity contribution >= 4 is 22.2 Å². The first-order valence-electron chi connectivity index (χ1n) is 6.60. The zero-order chi connectivity index (χ0) is 15.1. The minimum Gasteiger partial charge on any atom is -0.384 e. The molecule has 0 saturated heterocycles. The number of para-hydroxylation sites is 1. The number of nitro groups is 1. The molecule has 1 aromatic carbocycles. The minimum absolute atomic E-state index is 0.166. The largest absolute Gasteiger partial charge is 0.384 e. The second-order valence-electron chi connectivity index (χ2n) is 4.45. The van der Waals surface area contributed by atoms with E-state index in [9.17, 15) is 10.1 Å². The van der Waals surface area contributed by atoms with E-state index in [0.29, 0.717) is 19.6 Å². The molecular weight excluding hydrogens is 290 g/mol. The van der Waals surface area contributed by atoms with Crippen LogP contribution in [0.1, 0.15) is 11.3 Å². The predicted octanol–water partition coefficient (Wildman–Crippen LogP) is 2.89. The number of methoxy groups -OCH3 is 1. The molecule has 1 aromatic heterocycles. The van der Waals surface area contributed by atoms with Gasteiger partial charge in [-0.05, 0) is 6.42 Å². The average Bonchev–Trinajstić information content (AvgIpc) is 2.93. The molecule has 7 heteroatoms. The molecule has 0 radical (unpaired) electrons. The molecule has 0 fully saturated rings. The molecule has 0 bridgehead atoms. The molecule has 112 valence electrons. The number of nitro benzene ring substituents is 1. The summed E-state index contributed by atoms with van der Waals surface area (Å²) in [6.45, 7) is 1.27. The maximum absolute atomic E-state index is 10.9. The van der Waals surface area contributed by atoms with E-state index in [4.69, 9.17) is 4.74 Å². The molecule has 2 aromatic rings. The van der Waals surface area contributed by atoms with Gasteiger partial charge < -0.3 is 10.1 Å². The Kier molecular flexibility index (Phi) is 5.65. The number of benzene rings is 1. The van der Waals surface area contributed by atoms with Crippen LogP contribution < -0.4 is 5.32 Å². The van der Waals surface area contributed by atoms with Gasteiger partial charge in [-0.1, -0.05) is 18.2 Å². The van der Waals surface area contributed by atoms with E-state index in [2.05, 4.69) is 10.3 Å². The van der Waals surface area contributed by atoms with Gasteiger partial charge in [0.15, 0.2) is 5.13 Å². The van der Waals surface area contributed by atoms with Crippen molar-refractivity contribution in [3.05, 3.63) is 51.0 Å². The third kappa shape index (κ3) is 4.51. The van der Waals surface area contributed by atoms with Crippen LogP contribution in [0.25, 0.3) is 0 Å². The summed E-state index contributed by atoms with van der Waals surface area (Å²) in [6, 6.07) is 6.81. The Hall–Kier alpha value is -1.99. The fourth-order valence-electron chi connectivity index (χ4n) is 1.91. The summed E-state index contributed by atoms with van der Waals surface area (Å²) in [5, 5.41) is 16.9. The van der Waals surface area contributed by atoms with Crippen molar-refractivity contribution in [1.82, 2.24) is 4.98 Å². The van der Waals surface area contributed by atoms with Crippen molar-refractivity contribution in [3.63, 3.8) is 0 Å². The lowest BCUT2D eigenvalue weighted by Gasteiger charge is -2.04. The summed E-state index contributed by atoms with van der Waals surface area (Å²) >= 11 is 1.53. The van der Waals surface area contributed by atoms with Crippen molar-refractivity contribution in [3.8, 4) is 0 Å². The molecule has 0 unspecified atom stereocenters. The Morgan fingerprint density at radius 3 is 2.95 bits per heavy atom. The van der Waals surface area contributed by atoms with Crippen LogP contribution in [0, 0.1) is 10.1 Å². The molecule has 6 nitrogen and oxygen atoms in total. The SMILES string of the molecule is COCCc1csc(NCCc2ccccc2[N+](=O)[O-])n1. The second-order valence-corrected chi connectivity index (χ2v) is 5.31. The number of hydrogen-bond acceptors (Lipinski definition) is 6. The zero-order valence-electron chi connectivity index (χ0n) is 11.7. The molecule has 0 aliphatic carbocycles. The van der Waals surface area contributed by atoms with Crippen LogP contribution >= 0.6 is 11.3 Å². The number of rotatable bonds is 8. The highest BCUT2D eigenvalue weighted by Gasteiger charge is 2.11. The molecule has 0 aliphatic heterocycles. The van der Waals surface area contributed by atoms with E-state index in [1.807, 2.05) is 11.4 Å². The third-order valence-electron chi connectivity index (χ3n) is 2.97. The highest BCUT2D eigenvalue weighted by molar-refractivity contribution is 7.13. The number of hydrogen-bond donors (Lipinski definition) is 1. The number of ether oxygens (including phenoxy) is 1. The summed E-state index contributed by atoms with van der Waals surface area (Å²) in [5.74, 6) is 0. The topological polar surface area (TPSA) is 77.3 Å². The van der Waals surface area contributed by atoms with Crippen LogP contribution in [-0.4, -0.2) is 30.2 Å². The van der Waals surface area contributed by atoms with Crippen molar-refractivity contribution in [2.45, 2.75) is 12.8 Å². The van der Waals surface area contributed by atoms with Gasteiger partial charge in [0.1, 0.15) is 0 Å². The monoisotopic (exact) mass is 307 g/mol. The second kappa shape index (κ2) is 7.70. The van der Waals surface area contributed by atoms with Gasteiger partial charge in [-0.25, -0.2) is 4.98 Å². The number of anilines is 1. The van der Waals surface area contributed by atoms with Crippen LogP contribution in [0.15, 0.2) is 29.6 Å². The first-order chi connectivity index (χ1) is 10.2. The minimum atomic E-state index is -0.346. The maximum atomic E-state index is 10.9. The van der Waals surface area contributed by atoms with Crippen LogP contribution in [-0.2, 0) is 17.6 Å². The molecule has 0 saturated carbocycles. The molecule has 0 spiro atoms. The quantitative estimate of drug-likeness (QED) is 0.599. The Balaban J connectivity index is 1.87. The van der Waals surface area contributed by atoms with Crippen molar-refractivity contribution < 1.29 is 9.66 Å². The third-order valence-corrected chi connectivity index (χ3v) is 3.82. The molecule has 0 aliphatic rings. The Morgan fingerprint density at radius 1 is 1.38 bits per heavy atom. The van der Waals surface area contributed by atoms with E-state index < -0.39 is 0 Å². The van der Waals surface area contributed by atoms with Crippen molar-refractivity contribution in [2.24, 2.45) is 0 Å². The smallest absolute Gasteiger partial charge is 0.272 e. The lowest BCUT2D eigenvalue weighted by atomic mass is 10.1. The Morgan fingerprint density at radius 2 is 2.19 bits per heavy atom. The standard InChI is InChI=1S/C14H17N3O3S/c1-20-9-7-12-10-21-14(16-12)15-8-6-11-4-2-3-5-13(11)17(18)19/h2-5,10H,6-9H2,1H3,(H,15,16). The Labute approximate surface area is 126 Å². The summed E-state index contributed by atoms with van der Waals surface area (Å²) < 4.78 is 5.01. The van der Waals surface area contributed by atoms with Gasteiger partial charge in [0, 0.05) is 37.1 Å².